The van der Waals surface area contributed by atoms with Gasteiger partial charge in [0, 0.05) is 11.1 Å². The lowest BCUT2D eigenvalue weighted by molar-refractivity contribution is 0.628. The molecule has 0 saturated carbocycles. The fraction of sp³-hybridized carbons (Fsp3) is 0.167. The molecule has 0 bridgehead atoms. The van der Waals surface area contributed by atoms with E-state index in [1.54, 1.807) is 0 Å². The molecule has 2 rings (SSSR count). The normalized spacial score (nSPS) is 10.5. The fourth-order valence-corrected chi connectivity index (χ4v) is 2.20. The largest absolute Gasteiger partial charge is 0.345 e. The van der Waals surface area contributed by atoms with Crippen molar-refractivity contribution in [3.63, 3.8) is 0 Å². The van der Waals surface area contributed by atoms with Crippen LogP contribution in [0.2, 0.25) is 5.02 Å². The van der Waals surface area contributed by atoms with Gasteiger partial charge in [0.2, 0.25) is 0 Å². The molecule has 0 aliphatic rings. The number of aromatic amines is 1. The average molecular weight is 269 g/mol. The van der Waals surface area contributed by atoms with Gasteiger partial charge in [-0.3, -0.25) is 0 Å². The third-order valence-electron chi connectivity index (χ3n) is 2.50. The Bertz CT molecular complexity index is 610. The minimum absolute atomic E-state index is 0.331. The van der Waals surface area contributed by atoms with Crippen LogP contribution in [0.3, 0.4) is 0 Å². The van der Waals surface area contributed by atoms with Crippen molar-refractivity contribution in [3.8, 4) is 11.3 Å². The van der Waals surface area contributed by atoms with Crippen molar-refractivity contribution >= 4 is 23.8 Å². The zero-order valence-corrected chi connectivity index (χ0v) is 10.7. The molecule has 0 atom stereocenters. The lowest BCUT2D eigenvalue weighted by Crippen LogP contribution is -1.96. The number of aromatic nitrogens is 2. The second kappa shape index (κ2) is 4.94. The van der Waals surface area contributed by atoms with Crippen LogP contribution in [-0.4, -0.2) is 9.97 Å². The van der Waals surface area contributed by atoms with Crippen LogP contribution in [0, 0.1) is 10.5 Å². The molecule has 17 heavy (non-hydrogen) atoms. The number of nitrogens with zero attached hydrogens (tertiary/aromatic N) is 1. The van der Waals surface area contributed by atoms with Crippen molar-refractivity contribution in [2.75, 3.05) is 0 Å². The molecular formula is C12H10ClFN2S. The van der Waals surface area contributed by atoms with E-state index in [-0.39, 0.29) is 5.82 Å². The second-order valence-electron chi connectivity index (χ2n) is 3.54. The van der Waals surface area contributed by atoms with Gasteiger partial charge in [-0.1, -0.05) is 30.7 Å². The Morgan fingerprint density at radius 1 is 1.47 bits per heavy atom. The van der Waals surface area contributed by atoms with E-state index in [1.165, 1.54) is 24.5 Å². The van der Waals surface area contributed by atoms with Crippen molar-refractivity contribution in [2.24, 2.45) is 0 Å². The van der Waals surface area contributed by atoms with E-state index < -0.39 is 0 Å². The highest BCUT2D eigenvalue weighted by Crippen LogP contribution is 2.29. The quantitative estimate of drug-likeness (QED) is 0.829. The van der Waals surface area contributed by atoms with E-state index in [0.29, 0.717) is 21.6 Å². The van der Waals surface area contributed by atoms with E-state index in [2.05, 4.69) is 9.97 Å². The molecule has 2 nitrogen and oxygen atoms in total. The van der Waals surface area contributed by atoms with Gasteiger partial charge in [0.15, 0.2) is 0 Å². The maximum Gasteiger partial charge on any atom is 0.133 e. The number of benzene rings is 1. The van der Waals surface area contributed by atoms with Gasteiger partial charge in [0.05, 0.1) is 17.0 Å². The van der Waals surface area contributed by atoms with Gasteiger partial charge in [0.1, 0.15) is 10.5 Å². The van der Waals surface area contributed by atoms with Gasteiger partial charge in [-0.05, 0) is 24.6 Å². The predicted molar refractivity (Wildman–Crippen MR) is 69.2 cm³/mol. The van der Waals surface area contributed by atoms with Crippen LogP contribution in [0.15, 0.2) is 24.5 Å². The third kappa shape index (κ3) is 2.37. The van der Waals surface area contributed by atoms with Crippen LogP contribution in [0.4, 0.5) is 4.39 Å². The molecule has 5 heteroatoms. The zero-order chi connectivity index (χ0) is 12.4. The van der Waals surface area contributed by atoms with E-state index >= 15 is 0 Å². The van der Waals surface area contributed by atoms with E-state index in [9.17, 15) is 4.39 Å². The summed E-state index contributed by atoms with van der Waals surface area (Å²) in [4.78, 5) is 6.99. The highest BCUT2D eigenvalue weighted by Gasteiger charge is 2.10. The molecule has 0 saturated heterocycles. The summed E-state index contributed by atoms with van der Waals surface area (Å²) < 4.78 is 13.8. The summed E-state index contributed by atoms with van der Waals surface area (Å²) in [5.74, 6) is -0.331. The number of H-pyrrole nitrogens is 1. The first-order valence-corrected chi connectivity index (χ1v) is 5.94. The molecular weight excluding hydrogens is 259 g/mol. The van der Waals surface area contributed by atoms with Crippen LogP contribution < -0.4 is 0 Å². The monoisotopic (exact) mass is 268 g/mol. The standard InChI is InChI=1S/C12H10ClFN2S/c1-2-8-11(15-6-16-12(8)17)9-5-7(14)3-4-10(9)13/h3-6H,2H2,1H3,(H,15,16,17). The summed E-state index contributed by atoms with van der Waals surface area (Å²) in [5, 5.41) is 0.484. The second-order valence-corrected chi connectivity index (χ2v) is 4.33. The molecule has 0 amide bonds. The number of rotatable bonds is 2. The smallest absolute Gasteiger partial charge is 0.133 e. The number of hydrogen-bond donors (Lipinski definition) is 1. The first-order chi connectivity index (χ1) is 8.13. The number of hydrogen-bond acceptors (Lipinski definition) is 2. The molecule has 2 aromatic rings. The lowest BCUT2D eigenvalue weighted by atomic mass is 10.1. The third-order valence-corrected chi connectivity index (χ3v) is 3.18. The first kappa shape index (κ1) is 12.2. The molecule has 1 aromatic carbocycles. The van der Waals surface area contributed by atoms with E-state index in [0.717, 1.165) is 11.3 Å². The topological polar surface area (TPSA) is 28.7 Å². The summed E-state index contributed by atoms with van der Waals surface area (Å²) in [7, 11) is 0. The van der Waals surface area contributed by atoms with E-state index in [1.807, 2.05) is 6.92 Å². The van der Waals surface area contributed by atoms with E-state index in [4.69, 9.17) is 23.8 Å². The van der Waals surface area contributed by atoms with Gasteiger partial charge < -0.3 is 4.98 Å². The Morgan fingerprint density at radius 2 is 2.24 bits per heavy atom. The minimum atomic E-state index is -0.331. The Labute approximate surface area is 108 Å². The number of halogens is 2. The number of nitrogens with one attached hydrogen (secondary N) is 1. The Balaban J connectivity index is 2.72. The Hall–Kier alpha value is -1.26. The molecule has 88 valence electrons. The lowest BCUT2D eigenvalue weighted by Gasteiger charge is -2.09. The summed E-state index contributed by atoms with van der Waals surface area (Å²) in [6.45, 7) is 1.97. The molecule has 1 heterocycles. The summed E-state index contributed by atoms with van der Waals surface area (Å²) in [5.41, 5.74) is 2.21. The molecule has 1 aromatic heterocycles. The van der Waals surface area contributed by atoms with Gasteiger partial charge in [0.25, 0.3) is 0 Å². The molecule has 0 radical (unpaired) electrons. The van der Waals surface area contributed by atoms with Gasteiger partial charge >= 0.3 is 0 Å². The fourth-order valence-electron chi connectivity index (χ4n) is 1.68. The maximum atomic E-state index is 13.3. The van der Waals surface area contributed by atoms with Crippen molar-refractivity contribution in [3.05, 3.63) is 45.6 Å². The summed E-state index contributed by atoms with van der Waals surface area (Å²) in [6, 6.07) is 4.25. The highest BCUT2D eigenvalue weighted by atomic mass is 35.5. The summed E-state index contributed by atoms with van der Waals surface area (Å²) >= 11 is 11.2. The van der Waals surface area contributed by atoms with Gasteiger partial charge in [-0.25, -0.2) is 9.37 Å². The maximum absolute atomic E-state index is 13.3. The SMILES string of the molecule is CCc1c(-c2cc(F)ccc2Cl)[nH]cnc1=S. The van der Waals surface area contributed by atoms with Crippen LogP contribution >= 0.6 is 23.8 Å². The molecule has 0 fully saturated rings. The Morgan fingerprint density at radius 3 is 2.94 bits per heavy atom. The first-order valence-electron chi connectivity index (χ1n) is 5.15. The van der Waals surface area contributed by atoms with Crippen LogP contribution in [0.1, 0.15) is 12.5 Å². The van der Waals surface area contributed by atoms with Crippen LogP contribution in [-0.2, 0) is 6.42 Å². The highest BCUT2D eigenvalue weighted by molar-refractivity contribution is 7.71. The molecule has 0 unspecified atom stereocenters. The van der Waals surface area contributed by atoms with Crippen molar-refractivity contribution in [1.82, 2.24) is 9.97 Å². The van der Waals surface area contributed by atoms with Crippen LogP contribution in [0.25, 0.3) is 11.3 Å². The zero-order valence-electron chi connectivity index (χ0n) is 9.13. The molecule has 0 aliphatic heterocycles. The molecule has 0 aliphatic carbocycles. The molecule has 1 N–H and O–H groups in total. The predicted octanol–water partition coefficient (Wildman–Crippen LogP) is 4.16. The van der Waals surface area contributed by atoms with Crippen molar-refractivity contribution < 1.29 is 4.39 Å². The Kier molecular flexibility index (Phi) is 3.54. The molecule has 0 spiro atoms. The summed E-state index contributed by atoms with van der Waals surface area (Å²) in [6.07, 6.45) is 2.21. The van der Waals surface area contributed by atoms with Crippen molar-refractivity contribution in [1.29, 1.82) is 0 Å². The van der Waals surface area contributed by atoms with Gasteiger partial charge in [-0.2, -0.15) is 0 Å². The van der Waals surface area contributed by atoms with Gasteiger partial charge in [-0.15, -0.1) is 0 Å². The van der Waals surface area contributed by atoms with Crippen molar-refractivity contribution in [2.45, 2.75) is 13.3 Å². The average Bonchev–Trinajstić information content (AvgIpc) is 2.32. The van der Waals surface area contributed by atoms with Crippen LogP contribution in [0.5, 0.6) is 0 Å². The minimum Gasteiger partial charge on any atom is -0.345 e.